The number of hydrogen-bond acceptors (Lipinski definition) is 6. The highest BCUT2D eigenvalue weighted by atomic mass is 19.3. The number of halogens is 2. The van der Waals surface area contributed by atoms with Gasteiger partial charge in [0, 0.05) is 32.7 Å². The summed E-state index contributed by atoms with van der Waals surface area (Å²) < 4.78 is 35.4. The molecule has 154 valence electrons. The molecule has 0 radical (unpaired) electrons. The summed E-state index contributed by atoms with van der Waals surface area (Å²) in [6.45, 7) is 6.92. The number of fused-ring (bicyclic) bond motifs is 1. The zero-order valence-corrected chi connectivity index (χ0v) is 16.3. The van der Waals surface area contributed by atoms with Gasteiger partial charge in [-0.3, -0.25) is 9.69 Å². The Morgan fingerprint density at radius 3 is 2.55 bits per heavy atom. The highest BCUT2D eigenvalue weighted by Crippen LogP contribution is 2.41. The average Bonchev–Trinajstić information content (AvgIpc) is 2.81. The van der Waals surface area contributed by atoms with E-state index in [1.54, 1.807) is 12.1 Å². The lowest BCUT2D eigenvalue weighted by molar-refractivity contribution is -0.286. The van der Waals surface area contributed by atoms with Crippen LogP contribution >= 0.6 is 0 Å². The first-order valence-corrected chi connectivity index (χ1v) is 9.51. The molecule has 2 aromatic rings. The van der Waals surface area contributed by atoms with Gasteiger partial charge in [0.15, 0.2) is 11.5 Å². The molecule has 7 nitrogen and oxygen atoms in total. The first kappa shape index (κ1) is 19.5. The second kappa shape index (κ2) is 7.55. The molecule has 0 spiro atoms. The van der Waals surface area contributed by atoms with Crippen molar-refractivity contribution in [2.24, 2.45) is 0 Å². The molecule has 3 heterocycles. The maximum absolute atomic E-state index is 13.2. The number of rotatable bonds is 3. The Morgan fingerprint density at radius 2 is 1.79 bits per heavy atom. The molecule has 4 rings (SSSR count). The van der Waals surface area contributed by atoms with Gasteiger partial charge in [0.1, 0.15) is 6.33 Å². The van der Waals surface area contributed by atoms with Crippen LogP contribution in [-0.2, 0) is 6.54 Å². The highest BCUT2D eigenvalue weighted by Gasteiger charge is 2.43. The van der Waals surface area contributed by atoms with Gasteiger partial charge in [-0.1, -0.05) is 6.07 Å². The lowest BCUT2D eigenvalue weighted by atomic mass is 10.1. The van der Waals surface area contributed by atoms with E-state index < -0.39 is 6.29 Å². The van der Waals surface area contributed by atoms with E-state index in [1.807, 2.05) is 18.7 Å². The molecular formula is C20H22F2N4O3. The van der Waals surface area contributed by atoms with Gasteiger partial charge in [-0.15, -0.1) is 8.78 Å². The number of hydrogen-bond donors (Lipinski definition) is 0. The van der Waals surface area contributed by atoms with Crippen LogP contribution in [0.15, 0.2) is 24.5 Å². The summed E-state index contributed by atoms with van der Waals surface area (Å²) in [4.78, 5) is 25.3. The minimum absolute atomic E-state index is 0.0437. The van der Waals surface area contributed by atoms with Crippen molar-refractivity contribution in [1.29, 1.82) is 0 Å². The van der Waals surface area contributed by atoms with Crippen LogP contribution in [0.1, 0.15) is 33.7 Å². The van der Waals surface area contributed by atoms with Crippen LogP contribution in [0.4, 0.5) is 8.78 Å². The van der Waals surface area contributed by atoms with Crippen molar-refractivity contribution in [3.63, 3.8) is 0 Å². The molecule has 9 heteroatoms. The van der Waals surface area contributed by atoms with E-state index in [2.05, 4.69) is 24.3 Å². The van der Waals surface area contributed by atoms with Crippen LogP contribution in [0.25, 0.3) is 0 Å². The molecule has 1 fully saturated rings. The number of alkyl halides is 2. The zero-order valence-electron chi connectivity index (χ0n) is 16.3. The molecule has 1 aromatic heterocycles. The highest BCUT2D eigenvalue weighted by molar-refractivity contribution is 5.96. The lowest BCUT2D eigenvalue weighted by Crippen LogP contribution is -2.36. The van der Waals surface area contributed by atoms with Gasteiger partial charge in [-0.25, -0.2) is 9.97 Å². The van der Waals surface area contributed by atoms with Crippen LogP contribution in [-0.4, -0.2) is 58.1 Å². The molecule has 1 saturated heterocycles. The van der Waals surface area contributed by atoms with Crippen molar-refractivity contribution in [1.82, 2.24) is 19.8 Å². The Labute approximate surface area is 167 Å². The van der Waals surface area contributed by atoms with Gasteiger partial charge in [-0.2, -0.15) is 0 Å². The minimum atomic E-state index is -3.61. The molecule has 2 aliphatic heterocycles. The van der Waals surface area contributed by atoms with Crippen LogP contribution in [0.3, 0.4) is 0 Å². The van der Waals surface area contributed by atoms with Crippen molar-refractivity contribution in [3.05, 3.63) is 47.0 Å². The summed E-state index contributed by atoms with van der Waals surface area (Å²) >= 11 is 0. The summed E-state index contributed by atoms with van der Waals surface area (Å²) in [6.07, 6.45) is -1.32. The molecule has 0 aliphatic carbocycles. The predicted octanol–water partition coefficient (Wildman–Crippen LogP) is 2.76. The number of carbonyl (C=O) groups excluding carboxylic acids is 1. The van der Waals surface area contributed by atoms with Crippen molar-refractivity contribution >= 4 is 5.91 Å². The van der Waals surface area contributed by atoms with E-state index in [0.29, 0.717) is 43.1 Å². The first-order chi connectivity index (χ1) is 13.8. The van der Waals surface area contributed by atoms with Gasteiger partial charge in [0.25, 0.3) is 5.91 Å². The first-order valence-electron chi connectivity index (χ1n) is 9.51. The van der Waals surface area contributed by atoms with Gasteiger partial charge < -0.3 is 14.4 Å². The molecule has 2 aliphatic rings. The summed E-state index contributed by atoms with van der Waals surface area (Å²) in [6, 6.07) is 4.84. The summed E-state index contributed by atoms with van der Waals surface area (Å²) in [5.41, 5.74) is 2.78. The maximum atomic E-state index is 13.2. The average molecular weight is 404 g/mol. The van der Waals surface area contributed by atoms with Crippen LogP contribution in [0.5, 0.6) is 11.5 Å². The molecule has 0 atom stereocenters. The smallest absolute Gasteiger partial charge is 0.395 e. The van der Waals surface area contributed by atoms with Crippen LogP contribution in [0, 0.1) is 13.8 Å². The normalized spacial score (nSPS) is 18.6. The SMILES string of the molecule is Cc1ncnc(C)c1C(=O)N1CCCN(Cc2ccc3c(c2)OC(F)(F)O3)CC1. The molecule has 29 heavy (non-hydrogen) atoms. The van der Waals surface area contributed by atoms with Gasteiger partial charge in [-0.05, 0) is 38.0 Å². The summed E-state index contributed by atoms with van der Waals surface area (Å²) in [5.74, 6) is 0.0455. The molecule has 0 bridgehead atoms. The number of amides is 1. The van der Waals surface area contributed by atoms with E-state index in [0.717, 1.165) is 18.5 Å². The lowest BCUT2D eigenvalue weighted by Gasteiger charge is -2.23. The van der Waals surface area contributed by atoms with E-state index in [1.165, 1.54) is 12.4 Å². The van der Waals surface area contributed by atoms with Crippen molar-refractivity contribution in [2.75, 3.05) is 26.2 Å². The Balaban J connectivity index is 1.40. The van der Waals surface area contributed by atoms with Gasteiger partial charge in [0.05, 0.1) is 17.0 Å². The Morgan fingerprint density at radius 1 is 1.07 bits per heavy atom. The monoisotopic (exact) mass is 404 g/mol. The Kier molecular flexibility index (Phi) is 5.08. The topological polar surface area (TPSA) is 67.8 Å². The van der Waals surface area contributed by atoms with Crippen molar-refractivity contribution in [3.8, 4) is 11.5 Å². The second-order valence-corrected chi connectivity index (χ2v) is 7.29. The largest absolute Gasteiger partial charge is 0.586 e. The Hall–Kier alpha value is -2.81. The summed E-state index contributed by atoms with van der Waals surface area (Å²) in [7, 11) is 0. The number of carbonyl (C=O) groups is 1. The van der Waals surface area contributed by atoms with Crippen molar-refractivity contribution < 1.29 is 23.0 Å². The third-order valence-electron chi connectivity index (χ3n) is 5.19. The fraction of sp³-hybridized carbons (Fsp3) is 0.450. The minimum Gasteiger partial charge on any atom is -0.395 e. The van der Waals surface area contributed by atoms with Gasteiger partial charge in [0.2, 0.25) is 0 Å². The van der Waals surface area contributed by atoms with E-state index in [-0.39, 0.29) is 17.4 Å². The Bertz CT molecular complexity index is 918. The second-order valence-electron chi connectivity index (χ2n) is 7.29. The molecule has 0 saturated carbocycles. The van der Waals surface area contributed by atoms with Crippen molar-refractivity contribution in [2.45, 2.75) is 33.1 Å². The molecule has 1 amide bonds. The fourth-order valence-electron chi connectivity index (χ4n) is 3.74. The summed E-state index contributed by atoms with van der Waals surface area (Å²) in [5, 5.41) is 0. The van der Waals surface area contributed by atoms with Gasteiger partial charge >= 0.3 is 6.29 Å². The van der Waals surface area contributed by atoms with E-state index >= 15 is 0 Å². The number of aryl methyl sites for hydroxylation is 2. The fourth-order valence-corrected chi connectivity index (χ4v) is 3.74. The third-order valence-corrected chi connectivity index (χ3v) is 5.19. The predicted molar refractivity (Wildman–Crippen MR) is 99.9 cm³/mol. The zero-order chi connectivity index (χ0) is 20.6. The van der Waals surface area contributed by atoms with E-state index in [4.69, 9.17) is 0 Å². The quantitative estimate of drug-likeness (QED) is 0.784. The molecule has 0 N–H and O–H groups in total. The van der Waals surface area contributed by atoms with E-state index in [9.17, 15) is 13.6 Å². The molecular weight excluding hydrogens is 382 g/mol. The third kappa shape index (κ3) is 4.14. The standard InChI is InChI=1S/C20H22F2N4O3/c1-13-18(14(2)24-12-23-13)19(27)26-7-3-6-25(8-9-26)11-15-4-5-16-17(10-15)29-20(21,22)28-16/h4-5,10,12H,3,6-9,11H2,1-2H3. The van der Waals surface area contributed by atoms with Crippen LogP contribution < -0.4 is 9.47 Å². The number of aromatic nitrogens is 2. The molecule has 1 aromatic carbocycles. The molecule has 0 unspecified atom stereocenters. The maximum Gasteiger partial charge on any atom is 0.586 e. The number of benzene rings is 1. The van der Waals surface area contributed by atoms with Crippen LogP contribution in [0.2, 0.25) is 0 Å². The number of ether oxygens (including phenoxy) is 2. The number of nitrogens with zero attached hydrogens (tertiary/aromatic N) is 4.